The third kappa shape index (κ3) is 5.96. The molecule has 0 amide bonds. The predicted octanol–water partition coefficient (Wildman–Crippen LogP) is 12.9. The Morgan fingerprint density at radius 1 is 0.345 bits per heavy atom. The Kier molecular flexibility index (Phi) is 8.12. The molecule has 10 aromatic rings. The van der Waals surface area contributed by atoms with Crippen LogP contribution < -0.4 is 0 Å². The summed E-state index contributed by atoms with van der Waals surface area (Å²) >= 11 is 0. The van der Waals surface area contributed by atoms with Crippen LogP contribution in [0.5, 0.6) is 0 Å². The summed E-state index contributed by atoms with van der Waals surface area (Å²) in [4.78, 5) is 10.2. The van der Waals surface area contributed by atoms with Gasteiger partial charge in [0.05, 0.1) is 28.8 Å². The van der Waals surface area contributed by atoms with Gasteiger partial charge in [-0.25, -0.2) is 14.5 Å². The molecular weight excluding hydrogens is 669 g/mol. The number of nitrogens with zero attached hydrogens (tertiary/aromatic N) is 4. The predicted molar refractivity (Wildman–Crippen MR) is 226 cm³/mol. The van der Waals surface area contributed by atoms with Crippen molar-refractivity contribution in [3.05, 3.63) is 206 Å². The van der Waals surface area contributed by atoms with Gasteiger partial charge >= 0.3 is 0 Å². The van der Waals surface area contributed by atoms with Crippen molar-refractivity contribution in [1.82, 2.24) is 19.6 Å². The molecule has 0 N–H and O–H groups in total. The van der Waals surface area contributed by atoms with Crippen molar-refractivity contribution in [2.75, 3.05) is 0 Å². The second-order valence-electron chi connectivity index (χ2n) is 13.7. The number of aromatic nitrogens is 4. The first-order valence-corrected chi connectivity index (χ1v) is 18.5. The van der Waals surface area contributed by atoms with Crippen molar-refractivity contribution in [2.45, 2.75) is 0 Å². The lowest BCUT2D eigenvalue weighted by molar-refractivity contribution is 0.976. The van der Waals surface area contributed by atoms with Crippen molar-refractivity contribution >= 4 is 16.3 Å². The molecule has 0 aliphatic carbocycles. The summed E-state index contributed by atoms with van der Waals surface area (Å²) in [6.07, 6.45) is 2.01. The maximum Gasteiger partial charge on any atom is 0.160 e. The van der Waals surface area contributed by atoms with Crippen LogP contribution in [0.2, 0.25) is 0 Å². The van der Waals surface area contributed by atoms with E-state index in [1.54, 1.807) is 0 Å². The van der Waals surface area contributed by atoms with Crippen LogP contribution in [-0.2, 0) is 0 Å². The van der Waals surface area contributed by atoms with Crippen LogP contribution in [0.4, 0.5) is 0 Å². The highest BCUT2D eigenvalue weighted by Gasteiger charge is 2.21. The summed E-state index contributed by atoms with van der Waals surface area (Å²) in [7, 11) is 0. The molecule has 3 aromatic heterocycles. The average Bonchev–Trinajstić information content (AvgIpc) is 3.72. The zero-order valence-corrected chi connectivity index (χ0v) is 29.9. The van der Waals surface area contributed by atoms with Gasteiger partial charge in [-0.05, 0) is 39.8 Å². The molecule has 0 atom stereocenters. The SMILES string of the molecule is c1ccc(-c2cc(-c3ccccc3)nc(-c3cccc(-c4ccc(-c5c(-c6ccccc6)n6ncc(-c7ccccc7)c6c6ccccc56)cc4)c3)n2)cc1. The van der Waals surface area contributed by atoms with Crippen LogP contribution in [0.3, 0.4) is 0 Å². The van der Waals surface area contributed by atoms with E-state index in [9.17, 15) is 0 Å². The minimum atomic E-state index is 0.694. The van der Waals surface area contributed by atoms with E-state index < -0.39 is 0 Å². The molecule has 10 rings (SSSR count). The lowest BCUT2D eigenvalue weighted by atomic mass is 9.91. The van der Waals surface area contributed by atoms with Gasteiger partial charge in [0.15, 0.2) is 5.82 Å². The molecule has 0 fully saturated rings. The Balaban J connectivity index is 1.10. The third-order valence-corrected chi connectivity index (χ3v) is 10.3. The molecule has 258 valence electrons. The van der Waals surface area contributed by atoms with Gasteiger partial charge in [0.1, 0.15) is 0 Å². The monoisotopic (exact) mass is 702 g/mol. The van der Waals surface area contributed by atoms with Crippen LogP contribution in [-0.4, -0.2) is 19.6 Å². The van der Waals surface area contributed by atoms with E-state index in [1.165, 1.54) is 5.39 Å². The second kappa shape index (κ2) is 13.8. The van der Waals surface area contributed by atoms with E-state index in [0.29, 0.717) is 5.82 Å². The number of fused-ring (bicyclic) bond motifs is 3. The van der Waals surface area contributed by atoms with Gasteiger partial charge in [-0.15, -0.1) is 0 Å². The standard InChI is InChI=1S/C51H34N4/c1-5-16-36(17-6-1)45-34-52-55-49(40-22-11-4-12-23-40)48(43-26-13-14-27-44(43)50(45)55)39-30-28-35(29-31-39)41-24-15-25-42(32-41)51-53-46(37-18-7-2-8-19-37)33-47(54-51)38-20-9-3-10-21-38/h1-34H. The first kappa shape index (κ1) is 32.2. The molecule has 0 radical (unpaired) electrons. The summed E-state index contributed by atoms with van der Waals surface area (Å²) < 4.78 is 2.14. The zero-order chi connectivity index (χ0) is 36.6. The largest absolute Gasteiger partial charge is 0.231 e. The van der Waals surface area contributed by atoms with E-state index in [-0.39, 0.29) is 0 Å². The van der Waals surface area contributed by atoms with Crippen molar-refractivity contribution < 1.29 is 0 Å². The normalized spacial score (nSPS) is 11.3. The Morgan fingerprint density at radius 2 is 0.836 bits per heavy atom. The Labute approximate surface area is 319 Å². The van der Waals surface area contributed by atoms with E-state index in [0.717, 1.165) is 83.6 Å². The Morgan fingerprint density at radius 3 is 1.45 bits per heavy atom. The fraction of sp³-hybridized carbons (Fsp3) is 0. The fourth-order valence-electron chi connectivity index (χ4n) is 7.66. The molecule has 0 bridgehead atoms. The summed E-state index contributed by atoms with van der Waals surface area (Å²) in [6.45, 7) is 0. The van der Waals surface area contributed by atoms with Crippen molar-refractivity contribution in [3.63, 3.8) is 0 Å². The first-order valence-electron chi connectivity index (χ1n) is 18.5. The van der Waals surface area contributed by atoms with E-state index in [2.05, 4.69) is 168 Å². The third-order valence-electron chi connectivity index (χ3n) is 10.3. The number of rotatable bonds is 7. The van der Waals surface area contributed by atoms with Crippen LogP contribution >= 0.6 is 0 Å². The molecular formula is C51H34N4. The molecule has 4 heteroatoms. The molecule has 0 aliphatic rings. The molecule has 0 spiro atoms. The van der Waals surface area contributed by atoms with Gasteiger partial charge < -0.3 is 0 Å². The van der Waals surface area contributed by atoms with Crippen molar-refractivity contribution in [1.29, 1.82) is 0 Å². The summed E-state index contributed by atoms with van der Waals surface area (Å²) in [5.41, 5.74) is 14.9. The van der Waals surface area contributed by atoms with Crippen molar-refractivity contribution in [3.8, 4) is 78.5 Å². The molecule has 0 saturated carbocycles. The smallest absolute Gasteiger partial charge is 0.160 e. The van der Waals surface area contributed by atoms with Gasteiger partial charge in [0.25, 0.3) is 0 Å². The van der Waals surface area contributed by atoms with Gasteiger partial charge in [-0.2, -0.15) is 5.10 Å². The zero-order valence-electron chi connectivity index (χ0n) is 29.9. The fourth-order valence-corrected chi connectivity index (χ4v) is 7.66. The van der Waals surface area contributed by atoms with E-state index >= 15 is 0 Å². The summed E-state index contributed by atoms with van der Waals surface area (Å²) in [6, 6.07) is 70.0. The van der Waals surface area contributed by atoms with Gasteiger partial charge in [0, 0.05) is 38.8 Å². The highest BCUT2D eigenvalue weighted by atomic mass is 15.2. The van der Waals surface area contributed by atoms with Crippen LogP contribution in [0.25, 0.3) is 94.8 Å². The number of hydrogen-bond acceptors (Lipinski definition) is 3. The molecule has 4 nitrogen and oxygen atoms in total. The highest BCUT2D eigenvalue weighted by Crippen LogP contribution is 2.43. The second-order valence-corrected chi connectivity index (χ2v) is 13.7. The quantitative estimate of drug-likeness (QED) is 0.166. The van der Waals surface area contributed by atoms with Gasteiger partial charge in [0.2, 0.25) is 0 Å². The van der Waals surface area contributed by atoms with Crippen LogP contribution in [0.1, 0.15) is 0 Å². The number of hydrogen-bond donors (Lipinski definition) is 0. The Hall–Kier alpha value is -7.43. The topological polar surface area (TPSA) is 43.1 Å². The molecule has 0 saturated heterocycles. The van der Waals surface area contributed by atoms with E-state index in [1.807, 2.05) is 42.6 Å². The Bertz CT molecular complexity index is 2880. The average molecular weight is 703 g/mol. The molecule has 0 unspecified atom stereocenters. The van der Waals surface area contributed by atoms with Crippen molar-refractivity contribution in [2.24, 2.45) is 0 Å². The maximum atomic E-state index is 5.08. The lowest BCUT2D eigenvalue weighted by Crippen LogP contribution is -2.00. The number of pyridine rings is 1. The van der Waals surface area contributed by atoms with E-state index in [4.69, 9.17) is 15.1 Å². The lowest BCUT2D eigenvalue weighted by Gasteiger charge is -2.18. The molecule has 3 heterocycles. The van der Waals surface area contributed by atoms with Crippen LogP contribution in [0.15, 0.2) is 206 Å². The molecule has 0 aliphatic heterocycles. The summed E-state index contributed by atoms with van der Waals surface area (Å²) in [5.74, 6) is 0.694. The highest BCUT2D eigenvalue weighted by molar-refractivity contribution is 6.13. The van der Waals surface area contributed by atoms with Crippen LogP contribution in [0, 0.1) is 0 Å². The summed E-state index contributed by atoms with van der Waals surface area (Å²) in [5, 5.41) is 7.42. The maximum absolute atomic E-state index is 5.08. The number of benzene rings is 7. The first-order chi connectivity index (χ1) is 27.3. The molecule has 7 aromatic carbocycles. The van der Waals surface area contributed by atoms with Gasteiger partial charge in [-0.3, -0.25) is 0 Å². The molecule has 55 heavy (non-hydrogen) atoms. The van der Waals surface area contributed by atoms with Gasteiger partial charge in [-0.1, -0.05) is 188 Å². The minimum absolute atomic E-state index is 0.694. The minimum Gasteiger partial charge on any atom is -0.231 e.